The molecule has 0 N–H and O–H groups in total. The average Bonchev–Trinajstić information content (AvgIpc) is 2.36. The second-order valence-corrected chi connectivity index (χ2v) is 5.83. The quantitative estimate of drug-likeness (QED) is 0.623. The monoisotopic (exact) mass is 235 g/mol. The number of benzene rings is 1. The third kappa shape index (κ3) is 1.50. The van der Waals surface area contributed by atoms with Crippen molar-refractivity contribution < 1.29 is 0 Å². The first-order valence-corrected chi connectivity index (χ1v) is 6.85. The van der Waals surface area contributed by atoms with Crippen LogP contribution >= 0.6 is 0 Å². The van der Waals surface area contributed by atoms with Crippen molar-refractivity contribution in [3.8, 4) is 0 Å². The van der Waals surface area contributed by atoms with E-state index >= 15 is 0 Å². The van der Waals surface area contributed by atoms with E-state index in [9.17, 15) is 0 Å². The lowest BCUT2D eigenvalue weighted by molar-refractivity contribution is 0.432. The van der Waals surface area contributed by atoms with Crippen LogP contribution in [0.15, 0.2) is 42.0 Å². The third-order valence-corrected chi connectivity index (χ3v) is 4.41. The molecule has 1 nitrogen and oxygen atoms in total. The van der Waals surface area contributed by atoms with Crippen LogP contribution in [0.4, 0.5) is 0 Å². The van der Waals surface area contributed by atoms with Crippen LogP contribution in [0.25, 0.3) is 10.9 Å². The van der Waals surface area contributed by atoms with E-state index in [1.54, 1.807) is 5.57 Å². The molecule has 0 aliphatic heterocycles. The molecule has 2 bridgehead atoms. The second-order valence-electron chi connectivity index (χ2n) is 5.83. The van der Waals surface area contributed by atoms with Gasteiger partial charge in [-0.05, 0) is 55.7 Å². The fourth-order valence-electron chi connectivity index (χ4n) is 3.69. The standard InChI is InChI=1S/C17H17N/c1-11-6-12-8-14(7-11)15-10-13-4-2-3-5-16(13)18-17(15)9-12/h2-6,10,12,14H,7-9H2,1H3/t12-,14?/m0/s1. The summed E-state index contributed by atoms with van der Waals surface area (Å²) in [5, 5.41) is 1.29. The number of allylic oxidation sites excluding steroid dienone is 2. The maximum Gasteiger partial charge on any atom is 0.0705 e. The van der Waals surface area contributed by atoms with Crippen LogP contribution in [-0.2, 0) is 6.42 Å². The molecule has 2 aliphatic rings. The number of hydrogen-bond donors (Lipinski definition) is 0. The van der Waals surface area contributed by atoms with Gasteiger partial charge in [-0.3, -0.25) is 4.98 Å². The Morgan fingerprint density at radius 1 is 1.17 bits per heavy atom. The van der Waals surface area contributed by atoms with Crippen LogP contribution in [0.5, 0.6) is 0 Å². The number of fused-ring (bicyclic) bond motifs is 5. The Hall–Kier alpha value is -1.63. The zero-order chi connectivity index (χ0) is 12.1. The Morgan fingerprint density at radius 2 is 2.06 bits per heavy atom. The lowest BCUT2D eigenvalue weighted by Crippen LogP contribution is -2.22. The maximum absolute atomic E-state index is 4.89. The van der Waals surface area contributed by atoms with Crippen molar-refractivity contribution in [3.63, 3.8) is 0 Å². The third-order valence-electron chi connectivity index (χ3n) is 4.41. The van der Waals surface area contributed by atoms with Crippen molar-refractivity contribution in [1.29, 1.82) is 0 Å². The van der Waals surface area contributed by atoms with E-state index in [2.05, 4.69) is 43.3 Å². The number of rotatable bonds is 0. The van der Waals surface area contributed by atoms with E-state index in [1.807, 2.05) is 0 Å². The van der Waals surface area contributed by atoms with Crippen LogP contribution < -0.4 is 0 Å². The first kappa shape index (κ1) is 10.3. The Kier molecular flexibility index (Phi) is 2.11. The summed E-state index contributed by atoms with van der Waals surface area (Å²) >= 11 is 0. The van der Waals surface area contributed by atoms with Gasteiger partial charge in [0.1, 0.15) is 0 Å². The van der Waals surface area contributed by atoms with Gasteiger partial charge in [0.2, 0.25) is 0 Å². The molecule has 0 spiro atoms. The predicted molar refractivity (Wildman–Crippen MR) is 74.7 cm³/mol. The number of nitrogens with zero attached hydrogens (tertiary/aromatic N) is 1. The van der Waals surface area contributed by atoms with Gasteiger partial charge < -0.3 is 0 Å². The first-order chi connectivity index (χ1) is 8.79. The second kappa shape index (κ2) is 3.68. The van der Waals surface area contributed by atoms with E-state index < -0.39 is 0 Å². The molecule has 1 aromatic heterocycles. The Balaban J connectivity index is 1.92. The largest absolute Gasteiger partial charge is 0.253 e. The summed E-state index contributed by atoms with van der Waals surface area (Å²) in [5.74, 6) is 1.44. The predicted octanol–water partition coefficient (Wildman–Crippen LogP) is 4.23. The molecular weight excluding hydrogens is 218 g/mol. The molecule has 0 radical (unpaired) electrons. The molecule has 2 atom stereocenters. The first-order valence-electron chi connectivity index (χ1n) is 6.85. The van der Waals surface area contributed by atoms with E-state index in [1.165, 1.54) is 29.5 Å². The topological polar surface area (TPSA) is 12.9 Å². The van der Waals surface area contributed by atoms with Crippen molar-refractivity contribution in [1.82, 2.24) is 4.98 Å². The molecule has 1 heteroatoms. The highest BCUT2D eigenvalue weighted by atomic mass is 14.7. The van der Waals surface area contributed by atoms with E-state index in [0.717, 1.165) is 17.9 Å². The zero-order valence-corrected chi connectivity index (χ0v) is 10.7. The SMILES string of the molecule is CC1=C[C@@H]2Cc3nc4ccccc4cc3C(C1)C2. The normalized spacial score (nSPS) is 25.7. The number of hydrogen-bond acceptors (Lipinski definition) is 1. The number of aromatic nitrogens is 1. The minimum Gasteiger partial charge on any atom is -0.253 e. The van der Waals surface area contributed by atoms with Gasteiger partial charge in [0.05, 0.1) is 5.52 Å². The lowest BCUT2D eigenvalue weighted by Gasteiger charge is -2.34. The zero-order valence-electron chi connectivity index (χ0n) is 10.7. The van der Waals surface area contributed by atoms with Gasteiger partial charge in [0.25, 0.3) is 0 Å². The van der Waals surface area contributed by atoms with Crippen LogP contribution in [0.1, 0.15) is 36.9 Å². The molecule has 90 valence electrons. The molecule has 4 rings (SSSR count). The molecule has 0 saturated heterocycles. The number of para-hydroxylation sites is 1. The molecule has 0 saturated carbocycles. The molecule has 0 amide bonds. The van der Waals surface area contributed by atoms with Crippen molar-refractivity contribution >= 4 is 10.9 Å². The minimum absolute atomic E-state index is 0.709. The lowest BCUT2D eigenvalue weighted by atomic mass is 9.72. The van der Waals surface area contributed by atoms with Crippen molar-refractivity contribution in [2.75, 3.05) is 0 Å². The van der Waals surface area contributed by atoms with E-state index in [-0.39, 0.29) is 0 Å². The fraction of sp³-hybridized carbons (Fsp3) is 0.353. The smallest absolute Gasteiger partial charge is 0.0705 e. The van der Waals surface area contributed by atoms with Crippen molar-refractivity contribution in [2.24, 2.45) is 5.92 Å². The average molecular weight is 235 g/mol. The van der Waals surface area contributed by atoms with Gasteiger partial charge in [-0.2, -0.15) is 0 Å². The number of pyridine rings is 1. The molecule has 1 aromatic carbocycles. The van der Waals surface area contributed by atoms with Crippen molar-refractivity contribution in [2.45, 2.75) is 32.1 Å². The Labute approximate surface area is 108 Å². The van der Waals surface area contributed by atoms with Gasteiger partial charge in [0, 0.05) is 11.1 Å². The highest BCUT2D eigenvalue weighted by Gasteiger charge is 2.30. The fourth-order valence-corrected chi connectivity index (χ4v) is 3.69. The van der Waals surface area contributed by atoms with Gasteiger partial charge >= 0.3 is 0 Å². The summed E-state index contributed by atoms with van der Waals surface area (Å²) < 4.78 is 0. The Morgan fingerprint density at radius 3 is 3.00 bits per heavy atom. The molecule has 1 unspecified atom stereocenters. The van der Waals surface area contributed by atoms with E-state index in [0.29, 0.717) is 5.92 Å². The summed E-state index contributed by atoms with van der Waals surface area (Å²) in [7, 11) is 0. The minimum atomic E-state index is 0.709. The molecular formula is C17H17N. The van der Waals surface area contributed by atoms with Gasteiger partial charge in [-0.1, -0.05) is 29.8 Å². The summed E-state index contributed by atoms with van der Waals surface area (Å²) in [5.41, 5.74) is 5.57. The molecule has 1 heterocycles. The summed E-state index contributed by atoms with van der Waals surface area (Å²) in [6.07, 6.45) is 6.15. The summed E-state index contributed by atoms with van der Waals surface area (Å²) in [4.78, 5) is 4.89. The Bertz CT molecular complexity index is 654. The van der Waals surface area contributed by atoms with Gasteiger partial charge in [-0.25, -0.2) is 0 Å². The van der Waals surface area contributed by atoms with Crippen LogP contribution in [-0.4, -0.2) is 4.98 Å². The van der Waals surface area contributed by atoms with Crippen LogP contribution in [0.3, 0.4) is 0 Å². The van der Waals surface area contributed by atoms with Crippen molar-refractivity contribution in [3.05, 3.63) is 53.2 Å². The summed E-state index contributed by atoms with van der Waals surface area (Å²) in [6.45, 7) is 2.28. The summed E-state index contributed by atoms with van der Waals surface area (Å²) in [6, 6.07) is 10.9. The van der Waals surface area contributed by atoms with Gasteiger partial charge in [-0.15, -0.1) is 0 Å². The van der Waals surface area contributed by atoms with Crippen LogP contribution in [0, 0.1) is 5.92 Å². The molecule has 2 aliphatic carbocycles. The highest BCUT2D eigenvalue weighted by Crippen LogP contribution is 2.43. The highest BCUT2D eigenvalue weighted by molar-refractivity contribution is 5.79. The molecule has 2 aromatic rings. The van der Waals surface area contributed by atoms with Gasteiger partial charge in [0.15, 0.2) is 0 Å². The van der Waals surface area contributed by atoms with E-state index in [4.69, 9.17) is 4.98 Å². The molecule has 0 fully saturated rings. The van der Waals surface area contributed by atoms with Crippen LogP contribution in [0.2, 0.25) is 0 Å². The molecule has 18 heavy (non-hydrogen) atoms. The maximum atomic E-state index is 4.89.